The summed E-state index contributed by atoms with van der Waals surface area (Å²) in [6.07, 6.45) is 1.30. The molecule has 9 heavy (non-hydrogen) atoms. The predicted octanol–water partition coefficient (Wildman–Crippen LogP) is 2.33. The molecule has 0 fully saturated rings. The molecule has 0 aliphatic carbocycles. The van der Waals surface area contributed by atoms with Gasteiger partial charge in [0.25, 0.3) is 0 Å². The molecule has 0 N–H and O–H groups in total. The van der Waals surface area contributed by atoms with E-state index in [1.165, 1.54) is 0 Å². The van der Waals surface area contributed by atoms with Crippen molar-refractivity contribution in [2.45, 2.75) is 13.3 Å². The van der Waals surface area contributed by atoms with Gasteiger partial charge in [-0.2, -0.15) is 0 Å². The van der Waals surface area contributed by atoms with Crippen molar-refractivity contribution in [1.29, 1.82) is 0 Å². The van der Waals surface area contributed by atoms with Crippen molar-refractivity contribution in [1.82, 2.24) is 0 Å². The Morgan fingerprint density at radius 2 is 2.22 bits per heavy atom. The average molecular weight is 167 g/mol. The standard InChI is InChI=1S/C6H8Cl2O/c1-5(8)6(4-9)2-3-7/h4H,2-3H2,1H3/b6-5+. The topological polar surface area (TPSA) is 17.1 Å². The first kappa shape index (κ1) is 8.99. The first-order chi connectivity index (χ1) is 4.22. The van der Waals surface area contributed by atoms with E-state index in [1.807, 2.05) is 0 Å². The third-order valence-corrected chi connectivity index (χ3v) is 1.38. The zero-order valence-corrected chi connectivity index (χ0v) is 6.67. The molecule has 0 rings (SSSR count). The molecule has 0 aromatic carbocycles. The van der Waals surface area contributed by atoms with E-state index in [1.54, 1.807) is 6.92 Å². The Morgan fingerprint density at radius 1 is 1.67 bits per heavy atom. The fourth-order valence-corrected chi connectivity index (χ4v) is 0.757. The molecule has 0 aromatic heterocycles. The van der Waals surface area contributed by atoms with Crippen molar-refractivity contribution in [2.24, 2.45) is 0 Å². The lowest BCUT2D eigenvalue weighted by Crippen LogP contribution is -1.87. The number of alkyl halides is 1. The minimum Gasteiger partial charge on any atom is -0.298 e. The van der Waals surface area contributed by atoms with Gasteiger partial charge in [0, 0.05) is 16.5 Å². The minimum atomic E-state index is 0.443. The molecule has 1 nitrogen and oxygen atoms in total. The molecule has 0 amide bonds. The highest BCUT2D eigenvalue weighted by molar-refractivity contribution is 6.30. The van der Waals surface area contributed by atoms with Gasteiger partial charge in [-0.1, -0.05) is 11.6 Å². The molecule has 0 saturated carbocycles. The van der Waals surface area contributed by atoms with Gasteiger partial charge in [0.15, 0.2) is 0 Å². The normalized spacial score (nSPS) is 12.8. The summed E-state index contributed by atoms with van der Waals surface area (Å²) < 4.78 is 0. The van der Waals surface area contributed by atoms with E-state index in [9.17, 15) is 4.79 Å². The highest BCUT2D eigenvalue weighted by Crippen LogP contribution is 2.09. The Balaban J connectivity index is 3.98. The third kappa shape index (κ3) is 3.55. The molecule has 52 valence electrons. The maximum Gasteiger partial charge on any atom is 0.147 e. The van der Waals surface area contributed by atoms with Crippen LogP contribution in [0.4, 0.5) is 0 Å². The molecule has 0 aromatic rings. The zero-order chi connectivity index (χ0) is 7.28. The first-order valence-corrected chi connectivity index (χ1v) is 3.50. The van der Waals surface area contributed by atoms with Crippen LogP contribution in [0.25, 0.3) is 0 Å². The number of aldehydes is 1. The number of rotatable bonds is 3. The van der Waals surface area contributed by atoms with Crippen molar-refractivity contribution in [3.8, 4) is 0 Å². The van der Waals surface area contributed by atoms with Crippen molar-refractivity contribution in [2.75, 3.05) is 5.88 Å². The van der Waals surface area contributed by atoms with Crippen molar-refractivity contribution >= 4 is 29.5 Å². The summed E-state index contributed by atoms with van der Waals surface area (Å²) in [6.45, 7) is 1.68. The van der Waals surface area contributed by atoms with Crippen molar-refractivity contribution in [3.05, 3.63) is 10.6 Å². The maximum atomic E-state index is 10.1. The van der Waals surface area contributed by atoms with Crippen molar-refractivity contribution < 1.29 is 4.79 Å². The van der Waals surface area contributed by atoms with E-state index >= 15 is 0 Å². The summed E-state index contributed by atoms with van der Waals surface area (Å²) in [7, 11) is 0. The number of allylic oxidation sites excluding steroid dienone is 2. The molecule has 0 heterocycles. The lowest BCUT2D eigenvalue weighted by atomic mass is 10.2. The number of carbonyl (C=O) groups is 1. The summed E-state index contributed by atoms with van der Waals surface area (Å²) >= 11 is 10.9. The van der Waals surface area contributed by atoms with Crippen LogP contribution in [0, 0.1) is 0 Å². The minimum absolute atomic E-state index is 0.443. The predicted molar refractivity (Wildman–Crippen MR) is 40.0 cm³/mol. The number of halogens is 2. The van der Waals surface area contributed by atoms with Gasteiger partial charge < -0.3 is 0 Å². The molecular weight excluding hydrogens is 159 g/mol. The third-order valence-electron chi connectivity index (χ3n) is 0.949. The molecule has 0 saturated heterocycles. The van der Waals surface area contributed by atoms with Gasteiger partial charge in [-0.3, -0.25) is 4.79 Å². The van der Waals surface area contributed by atoms with E-state index in [-0.39, 0.29) is 0 Å². The molecule has 0 aliphatic rings. The molecule has 0 spiro atoms. The lowest BCUT2D eigenvalue weighted by molar-refractivity contribution is -0.105. The zero-order valence-electron chi connectivity index (χ0n) is 5.16. The van der Waals surface area contributed by atoms with Gasteiger partial charge in [0.2, 0.25) is 0 Å². The largest absolute Gasteiger partial charge is 0.298 e. The first-order valence-electron chi connectivity index (χ1n) is 2.58. The summed E-state index contributed by atoms with van der Waals surface area (Å²) in [5.74, 6) is 0.443. The Morgan fingerprint density at radius 3 is 2.33 bits per heavy atom. The monoisotopic (exact) mass is 166 g/mol. The fraction of sp³-hybridized carbons (Fsp3) is 0.500. The fourth-order valence-electron chi connectivity index (χ4n) is 0.414. The van der Waals surface area contributed by atoms with E-state index in [2.05, 4.69) is 0 Å². The number of carbonyl (C=O) groups excluding carboxylic acids is 1. The summed E-state index contributed by atoms with van der Waals surface area (Å²) in [4.78, 5) is 10.1. The van der Waals surface area contributed by atoms with Crippen LogP contribution >= 0.6 is 23.2 Å². The molecule has 0 bridgehead atoms. The van der Waals surface area contributed by atoms with E-state index in [0.29, 0.717) is 22.9 Å². The molecule has 0 radical (unpaired) electrons. The van der Waals surface area contributed by atoms with Gasteiger partial charge in [-0.25, -0.2) is 0 Å². The number of hydrogen-bond donors (Lipinski definition) is 0. The Bertz CT molecular complexity index is 125. The van der Waals surface area contributed by atoms with Crippen LogP contribution in [-0.4, -0.2) is 12.2 Å². The van der Waals surface area contributed by atoms with Crippen LogP contribution in [-0.2, 0) is 4.79 Å². The Hall–Kier alpha value is -0.0100. The SMILES string of the molecule is C/C(Cl)=C(\C=O)CCCl. The molecule has 0 aliphatic heterocycles. The second kappa shape index (κ2) is 4.83. The van der Waals surface area contributed by atoms with Gasteiger partial charge >= 0.3 is 0 Å². The number of hydrogen-bond acceptors (Lipinski definition) is 1. The summed E-state index contributed by atoms with van der Waals surface area (Å²) in [5.41, 5.74) is 0.590. The van der Waals surface area contributed by atoms with Crippen LogP contribution < -0.4 is 0 Å². The van der Waals surface area contributed by atoms with Crippen LogP contribution in [0.3, 0.4) is 0 Å². The van der Waals surface area contributed by atoms with E-state index in [4.69, 9.17) is 23.2 Å². The van der Waals surface area contributed by atoms with Gasteiger partial charge in [0.1, 0.15) is 6.29 Å². The summed E-state index contributed by atoms with van der Waals surface area (Å²) in [5, 5.41) is 0.533. The van der Waals surface area contributed by atoms with Gasteiger partial charge in [0.05, 0.1) is 0 Å². The highest BCUT2D eigenvalue weighted by Gasteiger charge is 1.96. The van der Waals surface area contributed by atoms with Crippen LogP contribution in [0.5, 0.6) is 0 Å². The smallest absolute Gasteiger partial charge is 0.147 e. The molecular formula is C6H8Cl2O. The van der Waals surface area contributed by atoms with E-state index in [0.717, 1.165) is 6.29 Å². The molecule has 0 unspecified atom stereocenters. The van der Waals surface area contributed by atoms with Gasteiger partial charge in [-0.05, 0) is 13.3 Å². The Labute approximate surface area is 64.6 Å². The molecule has 0 atom stereocenters. The van der Waals surface area contributed by atoms with Gasteiger partial charge in [-0.15, -0.1) is 11.6 Å². The summed E-state index contributed by atoms with van der Waals surface area (Å²) in [6, 6.07) is 0. The highest BCUT2D eigenvalue weighted by atomic mass is 35.5. The van der Waals surface area contributed by atoms with Crippen LogP contribution in [0.15, 0.2) is 10.6 Å². The van der Waals surface area contributed by atoms with Crippen LogP contribution in [0.1, 0.15) is 13.3 Å². The van der Waals surface area contributed by atoms with E-state index < -0.39 is 0 Å². The lowest BCUT2D eigenvalue weighted by Gasteiger charge is -1.94. The second-order valence-electron chi connectivity index (χ2n) is 1.62. The maximum absolute atomic E-state index is 10.1. The Kier molecular flexibility index (Phi) is 4.83. The average Bonchev–Trinajstić information content (AvgIpc) is 1.82. The second-order valence-corrected chi connectivity index (χ2v) is 2.56. The quantitative estimate of drug-likeness (QED) is 0.358. The van der Waals surface area contributed by atoms with Crippen molar-refractivity contribution in [3.63, 3.8) is 0 Å². The molecule has 3 heteroatoms. The van der Waals surface area contributed by atoms with Crippen LogP contribution in [0.2, 0.25) is 0 Å².